The lowest BCUT2D eigenvalue weighted by molar-refractivity contribution is 0.0202. The molecule has 212 valence electrons. The summed E-state index contributed by atoms with van der Waals surface area (Å²) in [5, 5.41) is 15.5. The van der Waals surface area contributed by atoms with Crippen LogP contribution in [0.15, 0.2) is 34.9 Å². The van der Waals surface area contributed by atoms with Gasteiger partial charge in [0.05, 0.1) is 25.8 Å². The van der Waals surface area contributed by atoms with E-state index in [1.807, 2.05) is 6.92 Å². The molecule has 11 heteroatoms. The predicted octanol–water partition coefficient (Wildman–Crippen LogP) is 7.75. The van der Waals surface area contributed by atoms with Crippen molar-refractivity contribution < 1.29 is 24.0 Å². The summed E-state index contributed by atoms with van der Waals surface area (Å²) in [6.07, 6.45) is 5.66. The van der Waals surface area contributed by atoms with Gasteiger partial charge in [0.15, 0.2) is 10.9 Å². The standard InChI is InChI=1S/C30H27Cl2N3O5S/c1-2-14-10-16(28(36)37)11-22-25(14)33-30(41-22)35-17-8-9-18(35)13-19(12-17)39-29(38)24-26(34-40-27(24)15-6-7-15)23-20(31)4-3-5-21(23)32/h3-5,10-11,15,17-19H,2,6-9,12-13H2,1H3,(H,36,37)/t17-,18+,19-. The lowest BCUT2D eigenvalue weighted by Crippen LogP contribution is -2.46. The lowest BCUT2D eigenvalue weighted by atomic mass is 9.99. The van der Waals surface area contributed by atoms with Gasteiger partial charge >= 0.3 is 11.9 Å². The number of carboxylic acids is 1. The Morgan fingerprint density at radius 2 is 1.83 bits per heavy atom. The first kappa shape index (κ1) is 26.7. The van der Waals surface area contributed by atoms with Crippen molar-refractivity contribution in [3.05, 3.63) is 62.8 Å². The van der Waals surface area contributed by atoms with Gasteiger partial charge in [-0.15, -0.1) is 0 Å². The number of fused-ring (bicyclic) bond motifs is 3. The molecule has 0 radical (unpaired) electrons. The summed E-state index contributed by atoms with van der Waals surface area (Å²) < 4.78 is 12.7. The van der Waals surface area contributed by atoms with Crippen molar-refractivity contribution in [3.63, 3.8) is 0 Å². The second-order valence-electron chi connectivity index (χ2n) is 11.1. The number of thiazole rings is 1. The number of nitrogens with zero attached hydrogens (tertiary/aromatic N) is 3. The average molecular weight is 613 g/mol. The van der Waals surface area contributed by atoms with Gasteiger partial charge in [-0.25, -0.2) is 14.6 Å². The molecule has 2 aromatic carbocycles. The summed E-state index contributed by atoms with van der Waals surface area (Å²) in [6.45, 7) is 2.01. The Hall–Kier alpha value is -3.14. The number of aromatic nitrogens is 2. The second kappa shape index (κ2) is 10.3. The Bertz CT molecular complexity index is 1660. The Morgan fingerprint density at radius 1 is 1.12 bits per heavy atom. The highest BCUT2D eigenvalue weighted by molar-refractivity contribution is 7.22. The number of halogens is 2. The zero-order valence-electron chi connectivity index (χ0n) is 22.2. The highest BCUT2D eigenvalue weighted by atomic mass is 35.5. The van der Waals surface area contributed by atoms with Crippen LogP contribution in [0.25, 0.3) is 21.5 Å². The molecule has 2 aliphatic heterocycles. The molecule has 3 aliphatic rings. The van der Waals surface area contributed by atoms with E-state index in [-0.39, 0.29) is 29.7 Å². The maximum absolute atomic E-state index is 13.7. The number of rotatable bonds is 7. The van der Waals surface area contributed by atoms with Crippen LogP contribution in [-0.2, 0) is 11.2 Å². The van der Waals surface area contributed by atoms with E-state index in [1.165, 1.54) is 11.3 Å². The third-order valence-corrected chi connectivity index (χ3v) is 10.1. The van der Waals surface area contributed by atoms with Gasteiger partial charge in [-0.05, 0) is 61.9 Å². The van der Waals surface area contributed by atoms with Gasteiger partial charge in [0.1, 0.15) is 17.4 Å². The molecular weight excluding hydrogens is 585 g/mol. The third kappa shape index (κ3) is 4.68. The Balaban J connectivity index is 1.14. The molecule has 3 atom stereocenters. The van der Waals surface area contributed by atoms with Crippen molar-refractivity contribution in [2.75, 3.05) is 4.90 Å². The molecule has 41 heavy (non-hydrogen) atoms. The van der Waals surface area contributed by atoms with Gasteiger partial charge in [0.25, 0.3) is 0 Å². The zero-order chi connectivity index (χ0) is 28.4. The molecule has 0 spiro atoms. The van der Waals surface area contributed by atoms with Crippen LogP contribution in [0.1, 0.15) is 83.4 Å². The van der Waals surface area contributed by atoms with E-state index < -0.39 is 11.9 Å². The van der Waals surface area contributed by atoms with Crippen LogP contribution in [0.2, 0.25) is 10.0 Å². The fourth-order valence-corrected chi connectivity index (χ4v) is 8.13. The molecule has 0 amide bonds. The number of benzene rings is 2. The number of ether oxygens (including phenoxy) is 1. The van der Waals surface area contributed by atoms with E-state index in [1.54, 1.807) is 30.3 Å². The summed E-state index contributed by atoms with van der Waals surface area (Å²) in [7, 11) is 0. The third-order valence-electron chi connectivity index (χ3n) is 8.45. The number of aryl methyl sites for hydroxylation is 1. The highest BCUT2D eigenvalue weighted by Gasteiger charge is 2.45. The first-order chi connectivity index (χ1) is 19.8. The number of anilines is 1. The molecule has 0 unspecified atom stereocenters. The quantitative estimate of drug-likeness (QED) is 0.211. The van der Waals surface area contributed by atoms with E-state index >= 15 is 0 Å². The van der Waals surface area contributed by atoms with E-state index in [9.17, 15) is 14.7 Å². The van der Waals surface area contributed by atoms with Crippen LogP contribution < -0.4 is 4.90 Å². The Morgan fingerprint density at radius 3 is 2.46 bits per heavy atom. The molecular formula is C30H27Cl2N3O5S. The van der Waals surface area contributed by atoms with Crippen LogP contribution in [0.4, 0.5) is 5.13 Å². The second-order valence-corrected chi connectivity index (χ2v) is 12.9. The lowest BCUT2D eigenvalue weighted by Gasteiger charge is -2.38. The van der Waals surface area contributed by atoms with Gasteiger partial charge < -0.3 is 19.3 Å². The topological polar surface area (TPSA) is 106 Å². The molecule has 4 heterocycles. The number of aromatic carboxylic acids is 1. The molecule has 8 nitrogen and oxygen atoms in total. The molecule has 7 rings (SSSR count). The van der Waals surface area contributed by atoms with Crippen LogP contribution in [0.3, 0.4) is 0 Å². The van der Waals surface area contributed by atoms with Crippen molar-refractivity contribution >= 4 is 61.8 Å². The largest absolute Gasteiger partial charge is 0.478 e. The summed E-state index contributed by atoms with van der Waals surface area (Å²) in [5.41, 5.74) is 3.22. The number of esters is 1. The number of hydrogen-bond donors (Lipinski definition) is 1. The van der Waals surface area contributed by atoms with Gasteiger partial charge in [0, 0.05) is 36.4 Å². The number of hydrogen-bond acceptors (Lipinski definition) is 8. The van der Waals surface area contributed by atoms with E-state index in [0.717, 1.165) is 46.6 Å². The average Bonchev–Trinajstić information content (AvgIpc) is 3.44. The minimum atomic E-state index is -0.933. The van der Waals surface area contributed by atoms with Crippen molar-refractivity contribution in [2.45, 2.75) is 76.0 Å². The Kier molecular flexibility index (Phi) is 6.71. The van der Waals surface area contributed by atoms with Gasteiger partial charge in [-0.2, -0.15) is 0 Å². The van der Waals surface area contributed by atoms with Crippen molar-refractivity contribution in [3.8, 4) is 11.3 Å². The molecule has 2 saturated heterocycles. The number of piperidine rings is 1. The summed E-state index contributed by atoms with van der Waals surface area (Å²) in [6, 6.07) is 8.97. The van der Waals surface area contributed by atoms with Crippen molar-refractivity contribution in [1.29, 1.82) is 0 Å². The van der Waals surface area contributed by atoms with Crippen LogP contribution >= 0.6 is 34.5 Å². The van der Waals surface area contributed by atoms with Gasteiger partial charge in [0.2, 0.25) is 0 Å². The summed E-state index contributed by atoms with van der Waals surface area (Å²) >= 11 is 14.5. The van der Waals surface area contributed by atoms with Gasteiger partial charge in [-0.1, -0.05) is 52.7 Å². The van der Waals surface area contributed by atoms with Crippen LogP contribution in [0.5, 0.6) is 0 Å². The SMILES string of the molecule is CCc1cc(C(=O)O)cc2sc(N3[C@@H]4CC[C@H]3C[C@H](OC(=O)c3c(-c5c(Cl)cccc5Cl)noc3C3CC3)C4)nc12. The molecule has 1 N–H and O–H groups in total. The molecule has 1 aliphatic carbocycles. The molecule has 2 aromatic heterocycles. The number of carbonyl (C=O) groups is 2. The number of carboxylic acid groups (broad SMARTS) is 1. The van der Waals surface area contributed by atoms with Crippen molar-refractivity contribution in [2.24, 2.45) is 0 Å². The van der Waals surface area contributed by atoms with E-state index in [0.29, 0.717) is 51.9 Å². The summed E-state index contributed by atoms with van der Waals surface area (Å²) in [5.74, 6) is -0.697. The van der Waals surface area contributed by atoms with Crippen LogP contribution in [-0.4, -0.2) is 45.4 Å². The first-order valence-corrected chi connectivity index (χ1v) is 15.5. The molecule has 4 aromatic rings. The molecule has 3 fully saturated rings. The minimum absolute atomic E-state index is 0.145. The monoisotopic (exact) mass is 611 g/mol. The molecule has 2 bridgehead atoms. The maximum atomic E-state index is 13.7. The van der Waals surface area contributed by atoms with Crippen molar-refractivity contribution in [1.82, 2.24) is 10.1 Å². The van der Waals surface area contributed by atoms with E-state index in [4.69, 9.17) is 37.4 Å². The maximum Gasteiger partial charge on any atom is 0.344 e. The fourth-order valence-electron chi connectivity index (χ4n) is 6.36. The first-order valence-electron chi connectivity index (χ1n) is 13.9. The predicted molar refractivity (Wildman–Crippen MR) is 158 cm³/mol. The minimum Gasteiger partial charge on any atom is -0.478 e. The number of carbonyl (C=O) groups excluding carboxylic acids is 1. The fraction of sp³-hybridized carbons (Fsp3) is 0.400. The normalized spacial score (nSPS) is 21.9. The highest BCUT2D eigenvalue weighted by Crippen LogP contribution is 2.47. The zero-order valence-corrected chi connectivity index (χ0v) is 24.6. The summed E-state index contributed by atoms with van der Waals surface area (Å²) in [4.78, 5) is 32.7. The van der Waals surface area contributed by atoms with E-state index in [2.05, 4.69) is 10.1 Å². The Labute approximate surface area is 250 Å². The van der Waals surface area contributed by atoms with Crippen LogP contribution in [0, 0.1) is 0 Å². The molecule has 1 saturated carbocycles. The van der Waals surface area contributed by atoms with Gasteiger partial charge in [-0.3, -0.25) is 0 Å². The smallest absolute Gasteiger partial charge is 0.344 e.